The molecule has 0 amide bonds. The Bertz CT molecular complexity index is 928. The first-order chi connectivity index (χ1) is 11.6. The monoisotopic (exact) mass is 337 g/mol. The quantitative estimate of drug-likeness (QED) is 0.673. The number of aromatic nitrogens is 2. The highest BCUT2D eigenvalue weighted by Crippen LogP contribution is 2.08. The highest BCUT2D eigenvalue weighted by molar-refractivity contribution is 7.11. The Kier molecular flexibility index (Phi) is 4.77. The van der Waals surface area contributed by atoms with Crippen molar-refractivity contribution in [1.29, 1.82) is 0 Å². The predicted molar refractivity (Wildman–Crippen MR) is 92.6 cm³/mol. The Morgan fingerprint density at radius 2 is 1.67 bits per heavy atom. The van der Waals surface area contributed by atoms with Crippen LogP contribution in [0.3, 0.4) is 0 Å². The van der Waals surface area contributed by atoms with Crippen molar-refractivity contribution in [2.45, 2.75) is 6.92 Å². The van der Waals surface area contributed by atoms with Crippen LogP contribution < -0.4 is 4.80 Å². The van der Waals surface area contributed by atoms with Crippen LogP contribution in [0.1, 0.15) is 27.1 Å². The summed E-state index contributed by atoms with van der Waals surface area (Å²) >= 11 is 1.18. The first-order valence-corrected chi connectivity index (χ1v) is 8.22. The minimum absolute atomic E-state index is 0.0103. The van der Waals surface area contributed by atoms with Gasteiger partial charge < -0.3 is 0 Å². The maximum absolute atomic E-state index is 12.2. The van der Waals surface area contributed by atoms with Gasteiger partial charge in [0.1, 0.15) is 6.54 Å². The van der Waals surface area contributed by atoms with Gasteiger partial charge in [0.05, 0.1) is 5.69 Å². The summed E-state index contributed by atoms with van der Waals surface area (Å²) < 4.78 is 1.60. The van der Waals surface area contributed by atoms with Gasteiger partial charge in [0.15, 0.2) is 16.6 Å². The van der Waals surface area contributed by atoms with E-state index in [0.29, 0.717) is 15.4 Å². The Hall–Kier alpha value is -2.86. The molecule has 0 saturated carbocycles. The number of hydrogen-bond acceptors (Lipinski definition) is 5. The van der Waals surface area contributed by atoms with E-state index in [4.69, 9.17) is 0 Å². The molecule has 0 bridgehead atoms. The van der Waals surface area contributed by atoms with Crippen LogP contribution in [0.5, 0.6) is 0 Å². The molecule has 0 unspecified atom stereocenters. The molecule has 1 heterocycles. The first-order valence-electron chi connectivity index (χ1n) is 7.40. The first kappa shape index (κ1) is 16.0. The summed E-state index contributed by atoms with van der Waals surface area (Å²) in [4.78, 5) is 28.8. The molecule has 2 aromatic carbocycles. The molecule has 0 aliphatic rings. The molecule has 0 aliphatic carbocycles. The molecule has 0 radical (unpaired) electrons. The highest BCUT2D eigenvalue weighted by atomic mass is 32.1. The third-order valence-electron chi connectivity index (χ3n) is 3.32. The van der Waals surface area contributed by atoms with Crippen molar-refractivity contribution >= 4 is 22.9 Å². The second kappa shape index (κ2) is 7.14. The maximum Gasteiger partial charge on any atom is 0.208 e. The van der Waals surface area contributed by atoms with Gasteiger partial charge in [0.25, 0.3) is 0 Å². The van der Waals surface area contributed by atoms with Crippen LogP contribution in [0.4, 0.5) is 0 Å². The van der Waals surface area contributed by atoms with Crippen LogP contribution in [-0.2, 0) is 0 Å². The lowest BCUT2D eigenvalue weighted by Crippen LogP contribution is -2.17. The SMILES string of the molecule is CC(=O)c1nn(-c2ccccc2)c(=NCC(=O)c2ccccc2)s1. The molecular weight excluding hydrogens is 322 g/mol. The van der Waals surface area contributed by atoms with Crippen molar-refractivity contribution in [3.63, 3.8) is 0 Å². The fraction of sp³-hybridized carbons (Fsp3) is 0.111. The number of carbonyl (C=O) groups is 2. The van der Waals surface area contributed by atoms with Crippen LogP contribution in [0.2, 0.25) is 0 Å². The molecule has 5 nitrogen and oxygen atoms in total. The van der Waals surface area contributed by atoms with E-state index in [1.54, 1.807) is 16.8 Å². The van der Waals surface area contributed by atoms with E-state index in [2.05, 4.69) is 10.1 Å². The van der Waals surface area contributed by atoms with Gasteiger partial charge in [-0.25, -0.2) is 9.67 Å². The van der Waals surface area contributed by atoms with Crippen LogP contribution in [0.25, 0.3) is 5.69 Å². The second-order valence-electron chi connectivity index (χ2n) is 5.10. The predicted octanol–water partition coefficient (Wildman–Crippen LogP) is 2.92. The van der Waals surface area contributed by atoms with Gasteiger partial charge in [-0.05, 0) is 12.1 Å². The van der Waals surface area contributed by atoms with Crippen LogP contribution in [0, 0.1) is 0 Å². The van der Waals surface area contributed by atoms with Crippen molar-refractivity contribution in [2.24, 2.45) is 4.99 Å². The fourth-order valence-electron chi connectivity index (χ4n) is 2.12. The van der Waals surface area contributed by atoms with E-state index in [9.17, 15) is 9.59 Å². The lowest BCUT2D eigenvalue weighted by Gasteiger charge is -2.00. The van der Waals surface area contributed by atoms with Crippen molar-refractivity contribution < 1.29 is 9.59 Å². The zero-order valence-corrected chi connectivity index (χ0v) is 13.9. The highest BCUT2D eigenvalue weighted by Gasteiger charge is 2.11. The molecule has 6 heteroatoms. The Balaban J connectivity index is 1.97. The zero-order chi connectivity index (χ0) is 16.9. The number of benzene rings is 2. The van der Waals surface area contributed by atoms with Crippen LogP contribution in [-0.4, -0.2) is 27.9 Å². The Morgan fingerprint density at radius 3 is 2.29 bits per heavy atom. The number of ketones is 2. The van der Waals surface area contributed by atoms with Crippen LogP contribution >= 0.6 is 11.3 Å². The van der Waals surface area contributed by atoms with Crippen molar-refractivity contribution in [1.82, 2.24) is 9.78 Å². The van der Waals surface area contributed by atoms with E-state index in [1.165, 1.54) is 18.3 Å². The molecule has 0 atom stereocenters. The summed E-state index contributed by atoms with van der Waals surface area (Å²) in [5.41, 5.74) is 1.41. The molecule has 120 valence electrons. The van der Waals surface area contributed by atoms with Gasteiger partial charge in [-0.1, -0.05) is 59.9 Å². The average molecular weight is 337 g/mol. The topological polar surface area (TPSA) is 64.3 Å². The summed E-state index contributed by atoms with van der Waals surface area (Å²) in [7, 11) is 0. The number of para-hydroxylation sites is 1. The normalized spacial score (nSPS) is 11.5. The van der Waals surface area contributed by atoms with E-state index >= 15 is 0 Å². The summed E-state index contributed by atoms with van der Waals surface area (Å²) in [5.74, 6) is -0.200. The second-order valence-corrected chi connectivity index (χ2v) is 6.05. The molecule has 3 aromatic rings. The summed E-state index contributed by atoms with van der Waals surface area (Å²) in [6.07, 6.45) is 0. The largest absolute Gasteiger partial charge is 0.292 e. The van der Waals surface area contributed by atoms with E-state index in [-0.39, 0.29) is 18.1 Å². The number of nitrogens with zero attached hydrogens (tertiary/aromatic N) is 3. The summed E-state index contributed by atoms with van der Waals surface area (Å²) in [6.45, 7) is 1.48. The van der Waals surface area contributed by atoms with E-state index in [0.717, 1.165) is 5.69 Å². The van der Waals surface area contributed by atoms with Crippen molar-refractivity contribution in [3.8, 4) is 5.69 Å². The van der Waals surface area contributed by atoms with Gasteiger partial charge in [0.2, 0.25) is 4.80 Å². The molecule has 0 saturated heterocycles. The van der Waals surface area contributed by atoms with Gasteiger partial charge in [0, 0.05) is 12.5 Å². The maximum atomic E-state index is 12.2. The average Bonchev–Trinajstić information content (AvgIpc) is 3.06. The zero-order valence-electron chi connectivity index (χ0n) is 13.0. The standard InChI is InChI=1S/C18H15N3O2S/c1-13(22)17-20-21(15-10-6-3-7-11-15)18(24-17)19-12-16(23)14-8-4-2-5-9-14/h2-11H,12H2,1H3. The van der Waals surface area contributed by atoms with Gasteiger partial charge >= 0.3 is 0 Å². The fourth-order valence-corrected chi connectivity index (χ4v) is 2.92. The summed E-state index contributed by atoms with van der Waals surface area (Å²) in [6, 6.07) is 18.4. The van der Waals surface area contributed by atoms with Crippen molar-refractivity contribution in [3.05, 3.63) is 76.0 Å². The molecule has 3 rings (SSSR count). The minimum Gasteiger partial charge on any atom is -0.292 e. The lowest BCUT2D eigenvalue weighted by molar-refractivity contribution is 0.0996. The van der Waals surface area contributed by atoms with Gasteiger partial charge in [-0.3, -0.25) is 9.59 Å². The van der Waals surface area contributed by atoms with Gasteiger partial charge in [-0.2, -0.15) is 5.10 Å². The number of carbonyl (C=O) groups excluding carboxylic acids is 2. The number of hydrogen-bond donors (Lipinski definition) is 0. The van der Waals surface area contributed by atoms with E-state index < -0.39 is 0 Å². The van der Waals surface area contributed by atoms with E-state index in [1.807, 2.05) is 48.5 Å². The summed E-state index contributed by atoms with van der Waals surface area (Å²) in [5, 5.41) is 4.68. The minimum atomic E-state index is -0.125. The number of Topliss-reactive ketones (excluding diaryl/α,β-unsaturated/α-hetero) is 2. The third-order valence-corrected chi connectivity index (χ3v) is 4.36. The molecule has 0 fully saturated rings. The smallest absolute Gasteiger partial charge is 0.208 e. The molecule has 0 spiro atoms. The Labute approximate surface area is 142 Å². The van der Waals surface area contributed by atoms with Crippen molar-refractivity contribution in [2.75, 3.05) is 6.54 Å². The Morgan fingerprint density at radius 1 is 1.04 bits per heavy atom. The van der Waals surface area contributed by atoms with Gasteiger partial charge in [-0.15, -0.1) is 0 Å². The molecule has 24 heavy (non-hydrogen) atoms. The molecule has 0 N–H and O–H groups in total. The number of rotatable bonds is 5. The molecule has 0 aliphatic heterocycles. The molecular formula is C18H15N3O2S. The van der Waals surface area contributed by atoms with Crippen LogP contribution in [0.15, 0.2) is 65.7 Å². The third kappa shape index (κ3) is 3.55. The lowest BCUT2D eigenvalue weighted by atomic mass is 10.1. The molecule has 1 aromatic heterocycles.